The fraction of sp³-hybridized carbons (Fsp3) is 0. The molecule has 0 radical (unpaired) electrons. The summed E-state index contributed by atoms with van der Waals surface area (Å²) in [6, 6.07) is 21.3. The number of carbonyl (C=O) groups is 2. The second kappa shape index (κ2) is 7.19. The van der Waals surface area contributed by atoms with Crippen molar-refractivity contribution in [3.8, 4) is 0 Å². The smallest absolute Gasteiger partial charge is 0.275 e. The summed E-state index contributed by atoms with van der Waals surface area (Å²) < 4.78 is 0. The van der Waals surface area contributed by atoms with Crippen LogP contribution < -0.4 is 10.6 Å². The van der Waals surface area contributed by atoms with Gasteiger partial charge in [-0.15, -0.1) is 0 Å². The van der Waals surface area contributed by atoms with E-state index in [1.807, 2.05) is 36.4 Å². The Labute approximate surface area is 139 Å². The normalized spacial score (nSPS) is 10.0. The number of hydrogen-bond donors (Lipinski definition) is 2. The van der Waals surface area contributed by atoms with Gasteiger partial charge in [0.2, 0.25) is 0 Å². The molecule has 0 atom stereocenters. The van der Waals surface area contributed by atoms with Crippen molar-refractivity contribution in [3.63, 3.8) is 0 Å². The van der Waals surface area contributed by atoms with Crippen LogP contribution in [-0.2, 0) is 0 Å². The molecule has 0 bridgehead atoms. The fourth-order valence-corrected chi connectivity index (χ4v) is 2.20. The van der Waals surface area contributed by atoms with E-state index in [1.165, 1.54) is 6.20 Å². The van der Waals surface area contributed by atoms with Crippen molar-refractivity contribution in [2.45, 2.75) is 0 Å². The molecule has 2 aromatic carbocycles. The molecular formula is C19H15N3O2. The largest absolute Gasteiger partial charge is 0.322 e. The van der Waals surface area contributed by atoms with Gasteiger partial charge in [-0.05, 0) is 36.4 Å². The molecule has 1 aromatic heterocycles. The first-order valence-corrected chi connectivity index (χ1v) is 7.42. The molecule has 0 saturated heterocycles. The van der Waals surface area contributed by atoms with Gasteiger partial charge in [0.05, 0.1) is 5.56 Å². The first-order valence-electron chi connectivity index (χ1n) is 7.42. The summed E-state index contributed by atoms with van der Waals surface area (Å²) in [6.07, 6.45) is 1.49. The van der Waals surface area contributed by atoms with Crippen LogP contribution in [0.15, 0.2) is 79.0 Å². The number of carbonyl (C=O) groups excluding carboxylic acids is 2. The zero-order valence-corrected chi connectivity index (χ0v) is 12.8. The number of nitrogens with zero attached hydrogens (tertiary/aromatic N) is 1. The molecule has 0 spiro atoms. The highest BCUT2D eigenvalue weighted by molar-refractivity contribution is 6.14. The molecule has 0 fully saturated rings. The van der Waals surface area contributed by atoms with E-state index < -0.39 is 5.91 Å². The van der Waals surface area contributed by atoms with E-state index in [-0.39, 0.29) is 17.2 Å². The Balaban J connectivity index is 1.82. The molecule has 1 heterocycles. The highest BCUT2D eigenvalue weighted by Gasteiger charge is 2.18. The molecule has 0 saturated carbocycles. The number of rotatable bonds is 4. The first-order chi connectivity index (χ1) is 11.7. The Morgan fingerprint density at radius 1 is 0.667 bits per heavy atom. The van der Waals surface area contributed by atoms with E-state index in [4.69, 9.17) is 0 Å². The van der Waals surface area contributed by atoms with Crippen molar-refractivity contribution in [1.29, 1.82) is 0 Å². The SMILES string of the molecule is O=C(Nc1ccccc1)c1cccnc1C(=O)Nc1ccccc1. The minimum absolute atomic E-state index is 0.0785. The number of para-hydroxylation sites is 2. The number of hydrogen-bond acceptors (Lipinski definition) is 3. The molecule has 0 unspecified atom stereocenters. The minimum atomic E-state index is -0.431. The van der Waals surface area contributed by atoms with Crippen LogP contribution in [0.4, 0.5) is 11.4 Å². The van der Waals surface area contributed by atoms with Gasteiger partial charge >= 0.3 is 0 Å². The third kappa shape index (κ3) is 3.64. The number of pyridine rings is 1. The first kappa shape index (κ1) is 15.4. The highest BCUT2D eigenvalue weighted by atomic mass is 16.2. The Morgan fingerprint density at radius 3 is 1.79 bits per heavy atom. The quantitative estimate of drug-likeness (QED) is 0.772. The lowest BCUT2D eigenvalue weighted by atomic mass is 10.1. The molecule has 118 valence electrons. The molecule has 5 nitrogen and oxygen atoms in total. The molecule has 3 rings (SSSR count). The second-order valence-corrected chi connectivity index (χ2v) is 5.04. The van der Waals surface area contributed by atoms with Crippen LogP contribution >= 0.6 is 0 Å². The van der Waals surface area contributed by atoms with E-state index in [1.54, 1.807) is 36.4 Å². The number of amides is 2. The molecular weight excluding hydrogens is 302 g/mol. The monoisotopic (exact) mass is 317 g/mol. The van der Waals surface area contributed by atoms with Crippen molar-refractivity contribution in [3.05, 3.63) is 90.3 Å². The lowest BCUT2D eigenvalue weighted by Gasteiger charge is -2.10. The van der Waals surface area contributed by atoms with E-state index in [2.05, 4.69) is 15.6 Å². The average molecular weight is 317 g/mol. The Hall–Kier alpha value is -3.47. The predicted molar refractivity (Wildman–Crippen MR) is 93.0 cm³/mol. The van der Waals surface area contributed by atoms with Gasteiger partial charge in [-0.25, -0.2) is 0 Å². The van der Waals surface area contributed by atoms with Crippen molar-refractivity contribution >= 4 is 23.2 Å². The molecule has 2 amide bonds. The van der Waals surface area contributed by atoms with Gasteiger partial charge < -0.3 is 10.6 Å². The van der Waals surface area contributed by atoms with Gasteiger partial charge in [0, 0.05) is 17.6 Å². The fourth-order valence-electron chi connectivity index (χ4n) is 2.20. The van der Waals surface area contributed by atoms with E-state index in [0.29, 0.717) is 11.4 Å². The van der Waals surface area contributed by atoms with Crippen LogP contribution in [0.1, 0.15) is 20.8 Å². The maximum absolute atomic E-state index is 12.5. The van der Waals surface area contributed by atoms with Gasteiger partial charge in [-0.3, -0.25) is 14.6 Å². The summed E-state index contributed by atoms with van der Waals surface area (Å²) in [4.78, 5) is 29.0. The van der Waals surface area contributed by atoms with Gasteiger partial charge in [0.15, 0.2) is 0 Å². The lowest BCUT2D eigenvalue weighted by Crippen LogP contribution is -2.21. The molecule has 5 heteroatoms. The zero-order chi connectivity index (χ0) is 16.8. The molecule has 2 N–H and O–H groups in total. The maximum atomic E-state index is 12.5. The summed E-state index contributed by atoms with van der Waals surface area (Å²) in [7, 11) is 0. The van der Waals surface area contributed by atoms with Gasteiger partial charge in [0.25, 0.3) is 11.8 Å². The summed E-state index contributed by atoms with van der Waals surface area (Å²) in [5, 5.41) is 5.49. The van der Waals surface area contributed by atoms with Crippen LogP contribution in [-0.4, -0.2) is 16.8 Å². The Bertz CT molecular complexity index is 776. The number of anilines is 2. The van der Waals surface area contributed by atoms with Gasteiger partial charge in [-0.2, -0.15) is 0 Å². The zero-order valence-electron chi connectivity index (χ0n) is 12.8. The highest BCUT2D eigenvalue weighted by Crippen LogP contribution is 2.13. The van der Waals surface area contributed by atoms with E-state index in [0.717, 1.165) is 0 Å². The Morgan fingerprint density at radius 2 is 1.21 bits per heavy atom. The molecule has 0 aliphatic rings. The molecule has 0 aliphatic carbocycles. The van der Waals surface area contributed by atoms with Crippen LogP contribution in [0.5, 0.6) is 0 Å². The van der Waals surface area contributed by atoms with Crippen LogP contribution in [0.25, 0.3) is 0 Å². The van der Waals surface area contributed by atoms with E-state index >= 15 is 0 Å². The molecule has 24 heavy (non-hydrogen) atoms. The van der Waals surface area contributed by atoms with Crippen molar-refractivity contribution in [2.24, 2.45) is 0 Å². The van der Waals surface area contributed by atoms with Gasteiger partial charge in [-0.1, -0.05) is 36.4 Å². The number of aromatic nitrogens is 1. The van der Waals surface area contributed by atoms with Gasteiger partial charge in [0.1, 0.15) is 5.69 Å². The predicted octanol–water partition coefficient (Wildman–Crippen LogP) is 3.59. The topological polar surface area (TPSA) is 71.1 Å². The average Bonchev–Trinajstić information content (AvgIpc) is 2.63. The second-order valence-electron chi connectivity index (χ2n) is 5.04. The summed E-state index contributed by atoms with van der Waals surface area (Å²) >= 11 is 0. The third-order valence-corrected chi connectivity index (χ3v) is 3.33. The number of nitrogens with one attached hydrogen (secondary N) is 2. The van der Waals surface area contributed by atoms with Crippen LogP contribution in [0, 0.1) is 0 Å². The van der Waals surface area contributed by atoms with Crippen molar-refractivity contribution < 1.29 is 9.59 Å². The van der Waals surface area contributed by atoms with Crippen molar-refractivity contribution in [2.75, 3.05) is 10.6 Å². The van der Waals surface area contributed by atoms with Crippen LogP contribution in [0.3, 0.4) is 0 Å². The van der Waals surface area contributed by atoms with Crippen molar-refractivity contribution in [1.82, 2.24) is 4.98 Å². The van der Waals surface area contributed by atoms with Crippen LogP contribution in [0.2, 0.25) is 0 Å². The standard InChI is InChI=1S/C19H15N3O2/c23-18(21-14-8-3-1-4-9-14)16-12-7-13-20-17(16)19(24)22-15-10-5-2-6-11-15/h1-13H,(H,21,23)(H,22,24). The molecule has 0 aliphatic heterocycles. The minimum Gasteiger partial charge on any atom is -0.322 e. The lowest BCUT2D eigenvalue weighted by molar-refractivity contribution is 0.0987. The number of benzene rings is 2. The molecule has 3 aromatic rings. The van der Waals surface area contributed by atoms with E-state index in [9.17, 15) is 9.59 Å². The third-order valence-electron chi connectivity index (χ3n) is 3.33. The summed E-state index contributed by atoms with van der Waals surface area (Å²) in [5.74, 6) is -0.812. The summed E-state index contributed by atoms with van der Waals surface area (Å²) in [5.41, 5.74) is 1.59. The summed E-state index contributed by atoms with van der Waals surface area (Å²) in [6.45, 7) is 0. The maximum Gasteiger partial charge on any atom is 0.275 e. The Kier molecular flexibility index (Phi) is 4.62.